The Bertz CT molecular complexity index is 1350. The number of nitriles is 1. The highest BCUT2D eigenvalue weighted by Gasteiger charge is 2.31. The Morgan fingerprint density at radius 2 is 1.58 bits per heavy atom. The topological polar surface area (TPSA) is 103 Å². The van der Waals surface area contributed by atoms with Crippen LogP contribution in [0, 0.1) is 11.3 Å². The summed E-state index contributed by atoms with van der Waals surface area (Å²) in [4.78, 5) is 27.6. The molecule has 8 nitrogen and oxygen atoms in total. The Labute approximate surface area is 192 Å². The quantitative estimate of drug-likeness (QED) is 0.576. The Kier molecular flexibility index (Phi) is 6.40. The predicted octanol–water partition coefficient (Wildman–Crippen LogP) is 1.91. The zero-order valence-corrected chi connectivity index (χ0v) is 18.6. The van der Waals surface area contributed by atoms with Crippen LogP contribution < -0.4 is 5.56 Å². The van der Waals surface area contributed by atoms with Gasteiger partial charge in [-0.25, -0.2) is 8.42 Å². The lowest BCUT2D eigenvalue weighted by Crippen LogP contribution is -2.51. The van der Waals surface area contributed by atoms with E-state index in [0.717, 1.165) is 5.56 Å². The van der Waals surface area contributed by atoms with E-state index in [9.17, 15) is 18.0 Å². The zero-order valence-electron chi connectivity index (χ0n) is 17.8. The van der Waals surface area contributed by atoms with E-state index in [1.807, 2.05) is 36.4 Å². The number of piperazine rings is 1. The third-order valence-corrected chi connectivity index (χ3v) is 7.51. The van der Waals surface area contributed by atoms with Gasteiger partial charge in [-0.15, -0.1) is 0 Å². The third kappa shape index (κ3) is 4.72. The second-order valence-corrected chi connectivity index (χ2v) is 9.61. The number of rotatable bonds is 5. The Morgan fingerprint density at radius 1 is 0.909 bits per heavy atom. The molecule has 33 heavy (non-hydrogen) atoms. The molecular weight excluding hydrogens is 440 g/mol. The minimum Gasteiger partial charge on any atom is -0.336 e. The van der Waals surface area contributed by atoms with Crippen molar-refractivity contribution < 1.29 is 13.2 Å². The lowest BCUT2D eigenvalue weighted by atomic mass is 10.2. The fraction of sp³-hybridized carbons (Fsp3) is 0.208. The van der Waals surface area contributed by atoms with Gasteiger partial charge in [-0.05, 0) is 42.0 Å². The van der Waals surface area contributed by atoms with Gasteiger partial charge in [-0.1, -0.05) is 30.3 Å². The van der Waals surface area contributed by atoms with Crippen LogP contribution in [0.3, 0.4) is 0 Å². The molecule has 0 aliphatic carbocycles. The monoisotopic (exact) mass is 462 g/mol. The lowest BCUT2D eigenvalue weighted by molar-refractivity contribution is 0.0695. The van der Waals surface area contributed by atoms with Gasteiger partial charge in [0.15, 0.2) is 0 Å². The van der Waals surface area contributed by atoms with Gasteiger partial charge in [-0.3, -0.25) is 9.59 Å². The normalized spacial score (nSPS) is 14.6. The summed E-state index contributed by atoms with van der Waals surface area (Å²) < 4.78 is 28.6. The second kappa shape index (κ2) is 9.40. The van der Waals surface area contributed by atoms with Crippen LogP contribution in [0.25, 0.3) is 0 Å². The number of carbonyl (C=O) groups is 1. The summed E-state index contributed by atoms with van der Waals surface area (Å²) >= 11 is 0. The molecule has 9 heteroatoms. The molecule has 1 aliphatic heterocycles. The summed E-state index contributed by atoms with van der Waals surface area (Å²) in [6, 6.07) is 20.4. The van der Waals surface area contributed by atoms with Crippen LogP contribution in [-0.2, 0) is 16.6 Å². The first-order chi connectivity index (χ1) is 15.9. The van der Waals surface area contributed by atoms with Crippen LogP contribution in [0.1, 0.15) is 21.5 Å². The first kappa shape index (κ1) is 22.5. The van der Waals surface area contributed by atoms with Crippen LogP contribution in [0.4, 0.5) is 0 Å². The van der Waals surface area contributed by atoms with E-state index >= 15 is 0 Å². The summed E-state index contributed by atoms with van der Waals surface area (Å²) in [6.07, 6.45) is 1.65. The molecule has 2 aromatic carbocycles. The molecule has 1 saturated heterocycles. The van der Waals surface area contributed by atoms with Gasteiger partial charge in [0.1, 0.15) is 5.56 Å². The Morgan fingerprint density at radius 3 is 2.21 bits per heavy atom. The number of amides is 1. The van der Waals surface area contributed by atoms with Crippen LogP contribution in [0.15, 0.2) is 82.6 Å². The van der Waals surface area contributed by atoms with Crippen molar-refractivity contribution in [1.29, 1.82) is 5.26 Å². The van der Waals surface area contributed by atoms with Crippen LogP contribution in [0.2, 0.25) is 0 Å². The molecule has 0 radical (unpaired) electrons. The van der Waals surface area contributed by atoms with Crippen molar-refractivity contribution in [3.05, 3.63) is 100.0 Å². The fourth-order valence-corrected chi connectivity index (χ4v) is 5.18. The molecule has 1 aromatic heterocycles. The van der Waals surface area contributed by atoms with Gasteiger partial charge in [0, 0.05) is 32.4 Å². The molecule has 1 fully saturated rings. The number of benzene rings is 2. The first-order valence-electron chi connectivity index (χ1n) is 10.4. The van der Waals surface area contributed by atoms with Crippen molar-refractivity contribution in [3.8, 4) is 6.07 Å². The number of carbonyl (C=O) groups excluding carboxylic acids is 1. The van der Waals surface area contributed by atoms with Crippen molar-refractivity contribution in [2.24, 2.45) is 0 Å². The predicted molar refractivity (Wildman–Crippen MR) is 122 cm³/mol. The summed E-state index contributed by atoms with van der Waals surface area (Å²) in [5.74, 6) is -0.405. The van der Waals surface area contributed by atoms with Gasteiger partial charge in [0.25, 0.3) is 11.5 Å². The van der Waals surface area contributed by atoms with Gasteiger partial charge in [0.05, 0.1) is 23.1 Å². The van der Waals surface area contributed by atoms with E-state index in [0.29, 0.717) is 12.1 Å². The molecule has 0 unspecified atom stereocenters. The van der Waals surface area contributed by atoms with Gasteiger partial charge >= 0.3 is 0 Å². The standard InChI is InChI=1S/C24H22N4O4S/c25-17-19-8-10-21(11-9-19)33(31,32)28-15-13-26(14-16-28)23(29)22-7-4-12-27(24(22)30)18-20-5-2-1-3-6-20/h1-12H,13-16,18H2. The van der Waals surface area contributed by atoms with Gasteiger partial charge in [-0.2, -0.15) is 9.57 Å². The highest BCUT2D eigenvalue weighted by atomic mass is 32.2. The van der Waals surface area contributed by atoms with Crippen LogP contribution in [-0.4, -0.2) is 54.3 Å². The highest BCUT2D eigenvalue weighted by Crippen LogP contribution is 2.19. The minimum absolute atomic E-state index is 0.0665. The summed E-state index contributed by atoms with van der Waals surface area (Å²) in [5, 5.41) is 8.89. The lowest BCUT2D eigenvalue weighted by Gasteiger charge is -2.34. The number of sulfonamides is 1. The van der Waals surface area contributed by atoms with Crippen molar-refractivity contribution in [1.82, 2.24) is 13.8 Å². The van der Waals surface area contributed by atoms with Crippen molar-refractivity contribution in [3.63, 3.8) is 0 Å². The van der Waals surface area contributed by atoms with Gasteiger partial charge < -0.3 is 9.47 Å². The van der Waals surface area contributed by atoms with E-state index in [1.54, 1.807) is 12.3 Å². The van der Waals surface area contributed by atoms with E-state index in [-0.39, 0.29) is 42.2 Å². The third-order valence-electron chi connectivity index (χ3n) is 5.59. The molecule has 0 atom stereocenters. The van der Waals surface area contributed by atoms with Gasteiger partial charge in [0.2, 0.25) is 10.0 Å². The maximum Gasteiger partial charge on any atom is 0.263 e. The van der Waals surface area contributed by atoms with E-state index in [2.05, 4.69) is 0 Å². The van der Waals surface area contributed by atoms with Crippen LogP contribution in [0.5, 0.6) is 0 Å². The SMILES string of the molecule is N#Cc1ccc(S(=O)(=O)N2CCN(C(=O)c3cccn(Cc4ccccc4)c3=O)CC2)cc1. The smallest absolute Gasteiger partial charge is 0.263 e. The summed E-state index contributed by atoms with van der Waals surface area (Å²) in [6.45, 7) is 0.971. The maximum atomic E-state index is 13.0. The molecule has 1 amide bonds. The number of nitrogens with zero attached hydrogens (tertiary/aromatic N) is 4. The average Bonchev–Trinajstić information content (AvgIpc) is 2.85. The van der Waals surface area contributed by atoms with Crippen molar-refractivity contribution in [2.45, 2.75) is 11.4 Å². The second-order valence-electron chi connectivity index (χ2n) is 7.67. The average molecular weight is 463 g/mol. The number of aromatic nitrogens is 1. The van der Waals surface area contributed by atoms with E-state index in [1.165, 1.54) is 44.1 Å². The largest absolute Gasteiger partial charge is 0.336 e. The summed E-state index contributed by atoms with van der Waals surface area (Å²) in [7, 11) is -3.73. The molecule has 2 heterocycles. The zero-order chi connectivity index (χ0) is 23.4. The minimum atomic E-state index is -3.73. The number of hydrogen-bond donors (Lipinski definition) is 0. The molecule has 168 valence electrons. The Hall–Kier alpha value is -3.74. The molecule has 0 N–H and O–H groups in total. The van der Waals surface area contributed by atoms with Crippen molar-refractivity contribution in [2.75, 3.05) is 26.2 Å². The molecule has 0 spiro atoms. The van der Waals surface area contributed by atoms with Crippen molar-refractivity contribution >= 4 is 15.9 Å². The summed E-state index contributed by atoms with van der Waals surface area (Å²) in [5.41, 5.74) is 1.02. The molecular formula is C24H22N4O4S. The molecule has 4 rings (SSSR count). The fourth-order valence-electron chi connectivity index (χ4n) is 3.76. The maximum absolute atomic E-state index is 13.0. The van der Waals surface area contributed by atoms with E-state index < -0.39 is 15.9 Å². The van der Waals surface area contributed by atoms with E-state index in [4.69, 9.17) is 5.26 Å². The Balaban J connectivity index is 1.46. The molecule has 0 saturated carbocycles. The molecule has 3 aromatic rings. The number of hydrogen-bond acceptors (Lipinski definition) is 5. The number of pyridine rings is 1. The molecule has 1 aliphatic rings. The molecule has 0 bridgehead atoms. The van der Waals surface area contributed by atoms with Crippen LogP contribution >= 0.6 is 0 Å². The highest BCUT2D eigenvalue weighted by molar-refractivity contribution is 7.89. The first-order valence-corrected chi connectivity index (χ1v) is 11.9.